The number of amides is 1. The van der Waals surface area contributed by atoms with Gasteiger partial charge in [-0.3, -0.25) is 15.6 Å². The number of benzene rings is 1. The van der Waals surface area contributed by atoms with Gasteiger partial charge in [0, 0.05) is 0 Å². The number of carbonyl (C=O) groups excluding carboxylic acids is 1. The first-order chi connectivity index (χ1) is 9.44. The number of thioether (sulfide) groups is 1. The number of halogens is 3. The van der Waals surface area contributed by atoms with E-state index in [0.717, 1.165) is 12.1 Å². The number of hydrogen-bond donors (Lipinski definition) is 3. The summed E-state index contributed by atoms with van der Waals surface area (Å²) in [6.07, 6.45) is 0.566. The predicted octanol–water partition coefficient (Wildman–Crippen LogP) is 1.81. The average Bonchev–Trinajstić information content (AvgIpc) is 2.44. The Morgan fingerprint density at radius 2 is 1.85 bits per heavy atom. The summed E-state index contributed by atoms with van der Waals surface area (Å²) in [7, 11) is 0. The van der Waals surface area contributed by atoms with Gasteiger partial charge in [0.05, 0.1) is 5.69 Å². The number of aliphatic hydroxyl groups is 1. The topological polar surface area (TPSA) is 61.4 Å². The fourth-order valence-electron chi connectivity index (χ4n) is 1.80. The van der Waals surface area contributed by atoms with Gasteiger partial charge in [-0.15, -0.1) is 0 Å². The molecular weight excluding hydrogens is 293 g/mol. The van der Waals surface area contributed by atoms with Crippen LogP contribution in [-0.2, 0) is 4.79 Å². The van der Waals surface area contributed by atoms with Crippen molar-refractivity contribution in [3.8, 4) is 0 Å². The Morgan fingerprint density at radius 1 is 1.20 bits per heavy atom. The van der Waals surface area contributed by atoms with E-state index in [-0.39, 0.29) is 12.8 Å². The number of hydrazine groups is 1. The standard InChI is InChI=1S/C12H13F3N2O2S/c13-7-1-2-8(10(15)9(7)14)16-17-11(18)12(19)3-5-20-6-4-12/h1-2,16,19H,3-6H2,(H,17,18). The van der Waals surface area contributed by atoms with Crippen LogP contribution in [-0.4, -0.2) is 28.1 Å². The first kappa shape index (κ1) is 15.0. The van der Waals surface area contributed by atoms with Crippen molar-refractivity contribution in [3.63, 3.8) is 0 Å². The van der Waals surface area contributed by atoms with Crippen molar-refractivity contribution >= 4 is 23.4 Å². The molecule has 0 aromatic heterocycles. The molecule has 0 spiro atoms. The number of hydrogen-bond acceptors (Lipinski definition) is 4. The van der Waals surface area contributed by atoms with Crippen LogP contribution in [0.1, 0.15) is 12.8 Å². The van der Waals surface area contributed by atoms with Crippen LogP contribution in [0.4, 0.5) is 18.9 Å². The normalized spacial score (nSPS) is 17.6. The van der Waals surface area contributed by atoms with Gasteiger partial charge in [-0.05, 0) is 36.5 Å². The zero-order valence-corrected chi connectivity index (χ0v) is 11.2. The molecule has 110 valence electrons. The van der Waals surface area contributed by atoms with Crippen LogP contribution < -0.4 is 10.9 Å². The smallest absolute Gasteiger partial charge is 0.270 e. The molecule has 1 fully saturated rings. The molecule has 0 saturated carbocycles. The summed E-state index contributed by atoms with van der Waals surface area (Å²) in [5.74, 6) is -3.81. The molecule has 0 atom stereocenters. The van der Waals surface area contributed by atoms with Gasteiger partial charge in [-0.25, -0.2) is 13.2 Å². The van der Waals surface area contributed by atoms with Crippen LogP contribution in [0.3, 0.4) is 0 Å². The van der Waals surface area contributed by atoms with E-state index in [0.29, 0.717) is 11.5 Å². The Balaban J connectivity index is 2.02. The van der Waals surface area contributed by atoms with Crippen LogP contribution in [0, 0.1) is 17.5 Å². The molecule has 1 aliphatic heterocycles. The van der Waals surface area contributed by atoms with Gasteiger partial charge < -0.3 is 5.11 Å². The molecule has 1 saturated heterocycles. The average molecular weight is 306 g/mol. The highest BCUT2D eigenvalue weighted by Crippen LogP contribution is 2.27. The third kappa shape index (κ3) is 3.01. The van der Waals surface area contributed by atoms with Crippen LogP contribution in [0.5, 0.6) is 0 Å². The highest BCUT2D eigenvalue weighted by atomic mass is 32.2. The summed E-state index contributed by atoms with van der Waals surface area (Å²) in [6.45, 7) is 0. The third-order valence-electron chi connectivity index (χ3n) is 3.09. The van der Waals surface area contributed by atoms with Gasteiger partial charge in [0.15, 0.2) is 17.5 Å². The molecule has 1 aliphatic rings. The summed E-state index contributed by atoms with van der Waals surface area (Å²) in [5, 5.41) is 10.1. The minimum atomic E-state index is -1.63. The highest BCUT2D eigenvalue weighted by molar-refractivity contribution is 7.99. The molecule has 2 rings (SSSR count). The Labute approximate surface area is 117 Å². The van der Waals surface area contributed by atoms with Crippen molar-refractivity contribution in [2.45, 2.75) is 18.4 Å². The lowest BCUT2D eigenvalue weighted by molar-refractivity contribution is -0.139. The van der Waals surface area contributed by atoms with E-state index in [4.69, 9.17) is 0 Å². The molecule has 3 N–H and O–H groups in total. The molecule has 1 aromatic carbocycles. The number of anilines is 1. The Bertz CT molecular complexity index is 522. The monoisotopic (exact) mass is 306 g/mol. The van der Waals surface area contributed by atoms with Gasteiger partial charge in [-0.1, -0.05) is 0 Å². The van der Waals surface area contributed by atoms with Crippen LogP contribution >= 0.6 is 11.8 Å². The fourth-order valence-corrected chi connectivity index (χ4v) is 2.97. The van der Waals surface area contributed by atoms with Crippen molar-refractivity contribution in [1.82, 2.24) is 5.43 Å². The third-order valence-corrected chi connectivity index (χ3v) is 4.07. The van der Waals surface area contributed by atoms with E-state index >= 15 is 0 Å². The van der Waals surface area contributed by atoms with Crippen LogP contribution in [0.25, 0.3) is 0 Å². The number of rotatable bonds is 3. The maximum Gasteiger partial charge on any atom is 0.270 e. The molecular formula is C12H13F3N2O2S. The van der Waals surface area contributed by atoms with Gasteiger partial charge in [0.25, 0.3) is 5.91 Å². The van der Waals surface area contributed by atoms with Gasteiger partial charge in [0.1, 0.15) is 5.60 Å². The zero-order valence-electron chi connectivity index (χ0n) is 10.4. The second-order valence-corrected chi connectivity index (χ2v) is 5.67. The molecule has 1 heterocycles. The van der Waals surface area contributed by atoms with E-state index in [2.05, 4.69) is 10.9 Å². The van der Waals surface area contributed by atoms with Crippen molar-refractivity contribution in [2.24, 2.45) is 0 Å². The lowest BCUT2D eigenvalue weighted by atomic mass is 9.96. The maximum atomic E-state index is 13.4. The molecule has 0 aliphatic carbocycles. The van der Waals surface area contributed by atoms with Crippen molar-refractivity contribution in [2.75, 3.05) is 16.9 Å². The van der Waals surface area contributed by atoms with Gasteiger partial charge in [0.2, 0.25) is 0 Å². The summed E-state index contributed by atoms with van der Waals surface area (Å²) in [5.41, 5.74) is 2.34. The van der Waals surface area contributed by atoms with Crippen LogP contribution in [0.2, 0.25) is 0 Å². The summed E-state index contributed by atoms with van der Waals surface area (Å²) >= 11 is 1.62. The maximum absolute atomic E-state index is 13.4. The zero-order chi connectivity index (χ0) is 14.8. The van der Waals surface area contributed by atoms with E-state index < -0.39 is 34.6 Å². The lowest BCUT2D eigenvalue weighted by Gasteiger charge is -2.30. The molecule has 0 unspecified atom stereocenters. The second-order valence-electron chi connectivity index (χ2n) is 4.45. The molecule has 4 nitrogen and oxygen atoms in total. The molecule has 8 heteroatoms. The van der Waals surface area contributed by atoms with Crippen molar-refractivity contribution in [3.05, 3.63) is 29.6 Å². The molecule has 0 radical (unpaired) electrons. The van der Waals surface area contributed by atoms with Gasteiger partial charge in [-0.2, -0.15) is 11.8 Å². The van der Waals surface area contributed by atoms with Gasteiger partial charge >= 0.3 is 0 Å². The first-order valence-corrected chi connectivity index (χ1v) is 7.09. The molecule has 20 heavy (non-hydrogen) atoms. The number of nitrogens with one attached hydrogen (secondary N) is 2. The lowest BCUT2D eigenvalue weighted by Crippen LogP contribution is -2.50. The largest absolute Gasteiger partial charge is 0.380 e. The predicted molar refractivity (Wildman–Crippen MR) is 69.6 cm³/mol. The summed E-state index contributed by atoms with van der Waals surface area (Å²) < 4.78 is 39.1. The first-order valence-electron chi connectivity index (χ1n) is 5.94. The molecule has 1 aromatic rings. The summed E-state index contributed by atoms with van der Waals surface area (Å²) in [4.78, 5) is 11.8. The Morgan fingerprint density at radius 3 is 2.50 bits per heavy atom. The van der Waals surface area contributed by atoms with E-state index in [1.54, 1.807) is 11.8 Å². The quantitative estimate of drug-likeness (QED) is 0.589. The molecule has 1 amide bonds. The SMILES string of the molecule is O=C(NNc1ccc(F)c(F)c1F)C1(O)CCSCC1. The van der Waals surface area contributed by atoms with E-state index in [1.807, 2.05) is 0 Å². The Kier molecular flexibility index (Phi) is 4.44. The Hall–Kier alpha value is -1.41. The van der Waals surface area contributed by atoms with Crippen molar-refractivity contribution < 1.29 is 23.1 Å². The fraction of sp³-hybridized carbons (Fsp3) is 0.417. The minimum Gasteiger partial charge on any atom is -0.380 e. The molecule has 0 bridgehead atoms. The minimum absolute atomic E-state index is 0.283. The highest BCUT2D eigenvalue weighted by Gasteiger charge is 2.37. The second kappa shape index (κ2) is 5.92. The van der Waals surface area contributed by atoms with Crippen molar-refractivity contribution in [1.29, 1.82) is 0 Å². The van der Waals surface area contributed by atoms with E-state index in [1.165, 1.54) is 0 Å². The van der Waals surface area contributed by atoms with Crippen LogP contribution in [0.15, 0.2) is 12.1 Å². The number of carbonyl (C=O) groups is 1. The van der Waals surface area contributed by atoms with E-state index in [9.17, 15) is 23.1 Å². The summed E-state index contributed by atoms with van der Waals surface area (Å²) in [6, 6.07) is 1.69.